The van der Waals surface area contributed by atoms with E-state index in [4.69, 9.17) is 4.74 Å². The van der Waals surface area contributed by atoms with Crippen LogP contribution in [0.4, 0.5) is 0 Å². The quantitative estimate of drug-likeness (QED) is 0.756. The van der Waals surface area contributed by atoms with Gasteiger partial charge in [0.1, 0.15) is 6.61 Å². The molecule has 1 aliphatic heterocycles. The molecule has 0 bridgehead atoms. The van der Waals surface area contributed by atoms with Gasteiger partial charge in [-0.25, -0.2) is 0 Å². The van der Waals surface area contributed by atoms with Gasteiger partial charge < -0.3 is 15.2 Å². The van der Waals surface area contributed by atoms with Crippen molar-refractivity contribution in [2.45, 2.75) is 50.6 Å². The minimum atomic E-state index is -0.0614. The molecule has 20 heavy (non-hydrogen) atoms. The second-order valence-corrected chi connectivity index (χ2v) is 6.23. The summed E-state index contributed by atoms with van der Waals surface area (Å²) in [6, 6.07) is 0.350. The molecule has 0 radical (unpaired) electrons. The maximum atomic E-state index is 11.6. The van der Waals surface area contributed by atoms with Crippen molar-refractivity contribution in [3.63, 3.8) is 0 Å². The van der Waals surface area contributed by atoms with Crippen molar-refractivity contribution in [3.05, 3.63) is 0 Å². The first-order valence-electron chi connectivity index (χ1n) is 7.86. The van der Waals surface area contributed by atoms with Crippen LogP contribution in [0.15, 0.2) is 0 Å². The van der Waals surface area contributed by atoms with Crippen LogP contribution in [0.1, 0.15) is 38.5 Å². The van der Waals surface area contributed by atoms with Crippen LogP contribution in [0, 0.1) is 5.92 Å². The summed E-state index contributed by atoms with van der Waals surface area (Å²) in [5.41, 5.74) is 0. The van der Waals surface area contributed by atoms with Gasteiger partial charge in [-0.05, 0) is 25.2 Å². The predicted molar refractivity (Wildman–Crippen MR) is 77.4 cm³/mol. The maximum absolute atomic E-state index is 11.6. The smallest absolute Gasteiger partial charge is 0.246 e. The van der Waals surface area contributed by atoms with Crippen molar-refractivity contribution in [2.24, 2.45) is 5.92 Å². The van der Waals surface area contributed by atoms with Gasteiger partial charge in [0.2, 0.25) is 5.91 Å². The number of ether oxygens (including phenoxy) is 1. The second-order valence-electron chi connectivity index (χ2n) is 6.23. The van der Waals surface area contributed by atoms with Crippen molar-refractivity contribution < 1.29 is 14.6 Å². The van der Waals surface area contributed by atoms with E-state index in [9.17, 15) is 9.90 Å². The molecule has 5 heteroatoms. The number of methoxy groups -OCH3 is 1. The number of amides is 1. The van der Waals surface area contributed by atoms with Crippen LogP contribution in [0.3, 0.4) is 0 Å². The third-order valence-electron chi connectivity index (χ3n) is 4.60. The molecular formula is C15H28N2O3. The Morgan fingerprint density at radius 3 is 2.75 bits per heavy atom. The minimum absolute atomic E-state index is 0.0614. The van der Waals surface area contributed by atoms with E-state index in [0.29, 0.717) is 0 Å². The Morgan fingerprint density at radius 2 is 2.10 bits per heavy atom. The van der Waals surface area contributed by atoms with Crippen LogP contribution < -0.4 is 5.32 Å². The molecule has 0 aromatic heterocycles. The molecule has 2 atom stereocenters. The predicted octanol–water partition coefficient (Wildman–Crippen LogP) is 0.765. The van der Waals surface area contributed by atoms with Crippen molar-refractivity contribution in [1.29, 1.82) is 0 Å². The van der Waals surface area contributed by atoms with Gasteiger partial charge in [-0.15, -0.1) is 0 Å². The molecule has 2 N–H and O–H groups in total. The number of nitrogens with zero attached hydrogens (tertiary/aromatic N) is 1. The van der Waals surface area contributed by atoms with E-state index >= 15 is 0 Å². The molecule has 1 saturated carbocycles. The highest BCUT2D eigenvalue weighted by molar-refractivity contribution is 5.77. The highest BCUT2D eigenvalue weighted by Gasteiger charge is 2.33. The van der Waals surface area contributed by atoms with Gasteiger partial charge in [0.05, 0.1) is 6.61 Å². The van der Waals surface area contributed by atoms with Crippen LogP contribution in [0.2, 0.25) is 0 Å². The summed E-state index contributed by atoms with van der Waals surface area (Å²) in [6.45, 7) is 2.23. The fourth-order valence-electron chi connectivity index (χ4n) is 3.60. The number of rotatable bonds is 6. The summed E-state index contributed by atoms with van der Waals surface area (Å²) < 4.78 is 4.84. The highest BCUT2D eigenvalue weighted by atomic mass is 16.5. The number of carbonyl (C=O) groups excluding carboxylic acids is 1. The largest absolute Gasteiger partial charge is 0.395 e. The number of aliphatic hydroxyl groups is 1. The molecule has 0 aromatic carbocycles. The van der Waals surface area contributed by atoms with Gasteiger partial charge in [-0.3, -0.25) is 9.69 Å². The first-order chi connectivity index (χ1) is 9.72. The molecule has 2 rings (SSSR count). The molecule has 1 amide bonds. The third kappa shape index (κ3) is 4.43. The fourth-order valence-corrected chi connectivity index (χ4v) is 3.60. The van der Waals surface area contributed by atoms with Crippen LogP contribution in [0.25, 0.3) is 0 Å². The molecule has 5 nitrogen and oxygen atoms in total. The van der Waals surface area contributed by atoms with Gasteiger partial charge >= 0.3 is 0 Å². The van der Waals surface area contributed by atoms with Gasteiger partial charge in [0, 0.05) is 32.3 Å². The Hall–Kier alpha value is -0.650. The molecule has 0 aromatic rings. The van der Waals surface area contributed by atoms with Gasteiger partial charge in [-0.1, -0.05) is 19.3 Å². The Kier molecular flexibility index (Phi) is 6.26. The highest BCUT2D eigenvalue weighted by Crippen LogP contribution is 2.27. The summed E-state index contributed by atoms with van der Waals surface area (Å²) >= 11 is 0. The van der Waals surface area contributed by atoms with E-state index < -0.39 is 0 Å². The monoisotopic (exact) mass is 284 g/mol. The first-order valence-corrected chi connectivity index (χ1v) is 7.86. The summed E-state index contributed by atoms with van der Waals surface area (Å²) in [4.78, 5) is 13.9. The number of hydrogen-bond acceptors (Lipinski definition) is 4. The summed E-state index contributed by atoms with van der Waals surface area (Å²) in [5, 5.41) is 12.5. The van der Waals surface area contributed by atoms with E-state index in [1.54, 1.807) is 0 Å². The average Bonchev–Trinajstić information content (AvgIpc) is 2.82. The van der Waals surface area contributed by atoms with Crippen LogP contribution in [-0.4, -0.2) is 61.4 Å². The molecule has 0 spiro atoms. The lowest BCUT2D eigenvalue weighted by Crippen LogP contribution is -2.40. The molecule has 1 aliphatic carbocycles. The Bertz CT molecular complexity index is 305. The summed E-state index contributed by atoms with van der Waals surface area (Å²) in [6.07, 6.45) is 7.53. The topological polar surface area (TPSA) is 61.8 Å². The standard InChI is InChI=1S/C15H28N2O3/c1-20-11-15(19)16-13-7-14(10-18)17(9-13)8-12-5-3-2-4-6-12/h12-14,18H,2-11H2,1H3,(H,16,19)/t13-,14-/m0/s1. The number of nitrogens with one attached hydrogen (secondary N) is 1. The lowest BCUT2D eigenvalue weighted by atomic mass is 9.89. The molecule has 116 valence electrons. The van der Waals surface area contributed by atoms with Crippen LogP contribution in [-0.2, 0) is 9.53 Å². The molecule has 1 heterocycles. The summed E-state index contributed by atoms with van der Waals surface area (Å²) in [7, 11) is 1.53. The van der Waals surface area contributed by atoms with Crippen LogP contribution in [0.5, 0.6) is 0 Å². The van der Waals surface area contributed by atoms with Crippen molar-refractivity contribution >= 4 is 5.91 Å². The van der Waals surface area contributed by atoms with E-state index in [1.807, 2.05) is 0 Å². The SMILES string of the molecule is COCC(=O)N[C@H]1C[C@@H](CO)N(CC2CCCCC2)C1. The zero-order valence-corrected chi connectivity index (χ0v) is 12.5. The molecule has 2 aliphatic rings. The van der Waals surface area contributed by atoms with Crippen molar-refractivity contribution in [1.82, 2.24) is 10.2 Å². The van der Waals surface area contributed by atoms with Gasteiger partial charge in [0.15, 0.2) is 0 Å². The van der Waals surface area contributed by atoms with E-state index in [-0.39, 0.29) is 31.2 Å². The van der Waals surface area contributed by atoms with Crippen molar-refractivity contribution in [2.75, 3.05) is 33.4 Å². The lowest BCUT2D eigenvalue weighted by Gasteiger charge is -2.30. The summed E-state index contributed by atoms with van der Waals surface area (Å²) in [5.74, 6) is 0.708. The lowest BCUT2D eigenvalue weighted by molar-refractivity contribution is -0.125. The number of hydrogen-bond donors (Lipinski definition) is 2. The second kappa shape index (κ2) is 7.96. The first kappa shape index (κ1) is 15.7. The van der Waals surface area contributed by atoms with E-state index in [0.717, 1.165) is 25.4 Å². The number of carbonyl (C=O) groups is 1. The molecule has 1 saturated heterocycles. The Balaban J connectivity index is 1.80. The Morgan fingerprint density at radius 1 is 1.35 bits per heavy atom. The van der Waals surface area contributed by atoms with E-state index in [1.165, 1.54) is 39.2 Å². The Labute approximate surface area is 121 Å². The van der Waals surface area contributed by atoms with Crippen LogP contribution >= 0.6 is 0 Å². The third-order valence-corrected chi connectivity index (χ3v) is 4.60. The van der Waals surface area contributed by atoms with Crippen molar-refractivity contribution in [3.8, 4) is 0 Å². The fraction of sp³-hybridized carbons (Fsp3) is 0.933. The number of aliphatic hydroxyl groups excluding tert-OH is 1. The molecule has 2 fully saturated rings. The average molecular weight is 284 g/mol. The molecular weight excluding hydrogens is 256 g/mol. The molecule has 0 unspecified atom stereocenters. The van der Waals surface area contributed by atoms with E-state index in [2.05, 4.69) is 10.2 Å². The zero-order chi connectivity index (χ0) is 14.4. The van der Waals surface area contributed by atoms with Gasteiger partial charge in [0.25, 0.3) is 0 Å². The zero-order valence-electron chi connectivity index (χ0n) is 12.5. The maximum Gasteiger partial charge on any atom is 0.246 e. The van der Waals surface area contributed by atoms with Gasteiger partial charge in [-0.2, -0.15) is 0 Å². The number of likely N-dealkylation sites (tertiary alicyclic amines) is 1. The minimum Gasteiger partial charge on any atom is -0.395 e. The normalized spacial score (nSPS) is 28.7.